The van der Waals surface area contributed by atoms with Gasteiger partial charge in [-0.25, -0.2) is 4.98 Å². The van der Waals surface area contributed by atoms with Gasteiger partial charge < -0.3 is 20.4 Å². The number of benzene rings is 1. The van der Waals surface area contributed by atoms with Crippen LogP contribution >= 0.6 is 24.0 Å². The normalized spacial score (nSPS) is 11.6. The molecule has 0 aliphatic carbocycles. The first-order chi connectivity index (χ1) is 13.3. The monoisotopic (exact) mass is 513 g/mol. The second-order valence-electron chi connectivity index (χ2n) is 7.60. The summed E-state index contributed by atoms with van der Waals surface area (Å²) in [5, 5.41) is 9.32. The van der Waals surface area contributed by atoms with Crippen LogP contribution in [0.3, 0.4) is 0 Å². The minimum absolute atomic E-state index is 0. The molecule has 3 N–H and O–H groups in total. The number of carbonyl (C=O) groups excluding carboxylic acids is 1. The number of halogens is 1. The summed E-state index contributed by atoms with van der Waals surface area (Å²) in [5.74, 6) is 2.05. The molecule has 0 saturated heterocycles. The van der Waals surface area contributed by atoms with Gasteiger partial charge in [0.25, 0.3) is 5.91 Å². The van der Waals surface area contributed by atoms with Gasteiger partial charge in [0.1, 0.15) is 5.76 Å². The van der Waals surface area contributed by atoms with E-state index in [0.29, 0.717) is 37.0 Å². The molecule has 0 radical (unpaired) electrons. The Bertz CT molecular complexity index is 811. The Hall–Kier alpha value is -2.10. The van der Waals surface area contributed by atoms with E-state index in [0.717, 1.165) is 17.7 Å². The number of aliphatic imine (C=N–C) groups is 1. The molecule has 0 atom stereocenters. The predicted molar refractivity (Wildman–Crippen MR) is 127 cm³/mol. The maximum absolute atomic E-state index is 12.1. The molecule has 0 spiro atoms. The fraction of sp³-hybridized carbons (Fsp3) is 0.476. The fourth-order valence-electron chi connectivity index (χ4n) is 2.47. The molecule has 1 amide bonds. The van der Waals surface area contributed by atoms with Crippen LogP contribution in [0.25, 0.3) is 0 Å². The van der Waals surface area contributed by atoms with Gasteiger partial charge in [-0.2, -0.15) is 0 Å². The van der Waals surface area contributed by atoms with E-state index >= 15 is 0 Å². The minimum Gasteiger partial charge on any atom is -0.443 e. The van der Waals surface area contributed by atoms with Crippen molar-refractivity contribution in [2.45, 2.75) is 52.6 Å². The van der Waals surface area contributed by atoms with Crippen molar-refractivity contribution in [1.29, 1.82) is 0 Å². The highest BCUT2D eigenvalue weighted by Crippen LogP contribution is 2.22. The van der Waals surface area contributed by atoms with Crippen molar-refractivity contribution in [2.24, 2.45) is 4.99 Å². The number of aromatic nitrogens is 1. The number of nitrogens with zero attached hydrogens (tertiary/aromatic N) is 2. The highest BCUT2D eigenvalue weighted by atomic mass is 127. The average Bonchev–Trinajstić information content (AvgIpc) is 3.16. The molecule has 1 heterocycles. The first-order valence-corrected chi connectivity index (χ1v) is 9.60. The first kappa shape index (κ1) is 24.9. The molecule has 0 saturated carbocycles. The Kier molecular flexibility index (Phi) is 10.1. The first-order valence-electron chi connectivity index (χ1n) is 9.60. The molecular weight excluding hydrogens is 481 g/mol. The third kappa shape index (κ3) is 8.04. The Morgan fingerprint density at radius 2 is 1.90 bits per heavy atom. The zero-order chi connectivity index (χ0) is 20.6. The van der Waals surface area contributed by atoms with Crippen molar-refractivity contribution in [2.75, 3.05) is 13.6 Å². The fourth-order valence-corrected chi connectivity index (χ4v) is 2.47. The SMILES string of the molecule is CCCNC(=O)c1cccc(CNC(=NC)NCc2ncc(C(C)(C)C)o2)c1.I. The quantitative estimate of drug-likeness (QED) is 0.299. The van der Waals surface area contributed by atoms with E-state index < -0.39 is 0 Å². The van der Waals surface area contributed by atoms with E-state index in [1.54, 1.807) is 13.2 Å². The second-order valence-corrected chi connectivity index (χ2v) is 7.60. The number of rotatable bonds is 7. The molecule has 2 aromatic rings. The van der Waals surface area contributed by atoms with Gasteiger partial charge in [0.2, 0.25) is 5.89 Å². The molecule has 8 heteroatoms. The summed E-state index contributed by atoms with van der Waals surface area (Å²) >= 11 is 0. The lowest BCUT2D eigenvalue weighted by molar-refractivity contribution is 0.0953. The topological polar surface area (TPSA) is 91.5 Å². The van der Waals surface area contributed by atoms with Crippen molar-refractivity contribution in [1.82, 2.24) is 20.9 Å². The van der Waals surface area contributed by atoms with Gasteiger partial charge >= 0.3 is 0 Å². The third-order valence-electron chi connectivity index (χ3n) is 4.11. The summed E-state index contributed by atoms with van der Waals surface area (Å²) in [7, 11) is 1.71. The summed E-state index contributed by atoms with van der Waals surface area (Å²) in [5.41, 5.74) is 1.59. The second kappa shape index (κ2) is 11.8. The number of oxazole rings is 1. The molecule has 7 nitrogen and oxygen atoms in total. The number of hydrogen-bond acceptors (Lipinski definition) is 4. The van der Waals surface area contributed by atoms with E-state index in [1.807, 2.05) is 31.2 Å². The molecule has 0 unspecified atom stereocenters. The van der Waals surface area contributed by atoms with E-state index in [9.17, 15) is 4.79 Å². The van der Waals surface area contributed by atoms with Crippen LogP contribution in [0.1, 0.15) is 61.7 Å². The number of nitrogens with one attached hydrogen (secondary N) is 3. The lowest BCUT2D eigenvalue weighted by Gasteiger charge is -2.13. The summed E-state index contributed by atoms with van der Waals surface area (Å²) in [6.07, 6.45) is 2.68. The number of hydrogen-bond donors (Lipinski definition) is 3. The predicted octanol–water partition coefficient (Wildman–Crippen LogP) is 3.60. The molecule has 0 aliphatic rings. The molecule has 1 aromatic heterocycles. The smallest absolute Gasteiger partial charge is 0.251 e. The zero-order valence-corrected chi connectivity index (χ0v) is 20.2. The van der Waals surface area contributed by atoms with E-state index in [4.69, 9.17) is 4.42 Å². The van der Waals surface area contributed by atoms with Crippen LogP contribution in [0.4, 0.5) is 0 Å². The summed E-state index contributed by atoms with van der Waals surface area (Å²) in [6.45, 7) is 9.95. The molecule has 0 bridgehead atoms. The van der Waals surface area contributed by atoms with Crippen molar-refractivity contribution < 1.29 is 9.21 Å². The van der Waals surface area contributed by atoms with Crippen LogP contribution in [-0.4, -0.2) is 30.4 Å². The standard InChI is InChI=1S/C21H31N5O2.HI/c1-6-10-23-19(27)16-9-7-8-15(11-16)12-25-20(22-5)26-14-18-24-13-17(28-18)21(2,3)4;/h7-9,11,13H,6,10,12,14H2,1-5H3,(H,23,27)(H2,22,25,26);1H. The van der Waals surface area contributed by atoms with Crippen molar-refractivity contribution in [3.8, 4) is 0 Å². The van der Waals surface area contributed by atoms with E-state index in [1.165, 1.54) is 0 Å². The van der Waals surface area contributed by atoms with Crippen molar-refractivity contribution in [3.63, 3.8) is 0 Å². The highest BCUT2D eigenvalue weighted by molar-refractivity contribution is 14.0. The van der Waals surface area contributed by atoms with Gasteiger partial charge in [0.15, 0.2) is 5.96 Å². The maximum atomic E-state index is 12.1. The number of amides is 1. The van der Waals surface area contributed by atoms with Crippen LogP contribution < -0.4 is 16.0 Å². The van der Waals surface area contributed by atoms with Crippen LogP contribution in [-0.2, 0) is 18.5 Å². The Labute approximate surface area is 190 Å². The van der Waals surface area contributed by atoms with E-state index in [-0.39, 0.29) is 35.3 Å². The van der Waals surface area contributed by atoms with Crippen LogP contribution in [0.2, 0.25) is 0 Å². The van der Waals surface area contributed by atoms with Crippen molar-refractivity contribution >= 4 is 35.8 Å². The van der Waals surface area contributed by atoms with Gasteiger partial charge in [-0.15, -0.1) is 24.0 Å². The van der Waals surface area contributed by atoms with Gasteiger partial charge in [0.05, 0.1) is 12.7 Å². The largest absolute Gasteiger partial charge is 0.443 e. The van der Waals surface area contributed by atoms with Gasteiger partial charge in [-0.05, 0) is 24.1 Å². The number of carbonyl (C=O) groups is 1. The Morgan fingerprint density at radius 1 is 1.17 bits per heavy atom. The third-order valence-corrected chi connectivity index (χ3v) is 4.11. The summed E-state index contributed by atoms with van der Waals surface area (Å²) in [4.78, 5) is 20.6. The van der Waals surface area contributed by atoms with E-state index in [2.05, 4.69) is 46.7 Å². The molecule has 0 fully saturated rings. The van der Waals surface area contributed by atoms with Crippen LogP contribution in [0.15, 0.2) is 39.9 Å². The summed E-state index contributed by atoms with van der Waals surface area (Å²) in [6, 6.07) is 7.56. The molecule has 160 valence electrons. The van der Waals surface area contributed by atoms with Crippen LogP contribution in [0, 0.1) is 0 Å². The van der Waals surface area contributed by atoms with Gasteiger partial charge in [-0.3, -0.25) is 9.79 Å². The zero-order valence-electron chi connectivity index (χ0n) is 17.8. The molecular formula is C21H32IN5O2. The van der Waals surface area contributed by atoms with Crippen LogP contribution in [0.5, 0.6) is 0 Å². The maximum Gasteiger partial charge on any atom is 0.251 e. The average molecular weight is 513 g/mol. The van der Waals surface area contributed by atoms with Crippen molar-refractivity contribution in [3.05, 3.63) is 53.2 Å². The molecule has 2 rings (SSSR count). The Morgan fingerprint density at radius 3 is 2.52 bits per heavy atom. The van der Waals surface area contributed by atoms with Gasteiger partial charge in [-0.1, -0.05) is 39.8 Å². The lowest BCUT2D eigenvalue weighted by Crippen LogP contribution is -2.36. The highest BCUT2D eigenvalue weighted by Gasteiger charge is 2.19. The molecule has 0 aliphatic heterocycles. The molecule has 29 heavy (non-hydrogen) atoms. The Balaban J connectivity index is 0.00000420. The number of guanidine groups is 1. The lowest BCUT2D eigenvalue weighted by atomic mass is 9.94. The van der Waals surface area contributed by atoms with Gasteiger partial charge in [0, 0.05) is 31.1 Å². The summed E-state index contributed by atoms with van der Waals surface area (Å²) < 4.78 is 5.78. The molecule has 1 aromatic carbocycles. The minimum atomic E-state index is -0.0698.